The quantitative estimate of drug-likeness (QED) is 0.0910. The molecule has 1 aromatic heterocycles. The van der Waals surface area contributed by atoms with Crippen LogP contribution in [0.2, 0.25) is 0 Å². The predicted molar refractivity (Wildman–Crippen MR) is 147 cm³/mol. The Morgan fingerprint density at radius 2 is 1.75 bits per heavy atom. The molecule has 2 aromatic carbocycles. The number of alkyl halides is 3. The molecule has 1 fully saturated rings. The number of benzene rings is 2. The van der Waals surface area contributed by atoms with Gasteiger partial charge in [-0.05, 0) is 58.0 Å². The fourth-order valence-corrected chi connectivity index (χ4v) is 4.95. The normalized spacial score (nSPS) is 15.8. The Bertz CT molecular complexity index is 1670. The molecule has 2 heterocycles. The average Bonchev–Trinajstić information content (AvgIpc) is 3.36. The number of carbonyl (C=O) groups excluding carboxylic acids is 2. The van der Waals surface area contributed by atoms with Gasteiger partial charge in [0.1, 0.15) is 0 Å². The van der Waals surface area contributed by atoms with E-state index in [1.165, 1.54) is 12.1 Å². The van der Waals surface area contributed by atoms with Gasteiger partial charge >= 0.3 is 12.1 Å². The number of rotatable bonds is 9. The van der Waals surface area contributed by atoms with Gasteiger partial charge in [-0.3, -0.25) is 9.59 Å². The third kappa shape index (κ3) is 7.27. The molecular formula is C27H29F3N6O7S. The zero-order valence-corrected chi connectivity index (χ0v) is 24.8. The van der Waals surface area contributed by atoms with Gasteiger partial charge in [0.2, 0.25) is 5.28 Å². The monoisotopic (exact) mass is 638 g/mol. The first-order valence-electron chi connectivity index (χ1n) is 13.1. The maximum absolute atomic E-state index is 13.5. The van der Waals surface area contributed by atoms with Crippen molar-refractivity contribution in [3.63, 3.8) is 0 Å². The number of amides is 1. The van der Waals surface area contributed by atoms with E-state index in [0.717, 1.165) is 33.5 Å². The number of nitrogens with one attached hydrogen (secondary N) is 1. The number of aryl methyl sites for hydroxylation is 1. The van der Waals surface area contributed by atoms with E-state index in [9.17, 15) is 36.4 Å². The maximum Gasteiger partial charge on any atom is 0.435 e. The minimum atomic E-state index is -4.72. The summed E-state index contributed by atoms with van der Waals surface area (Å²) in [5, 5.41) is 20.0. The highest BCUT2D eigenvalue weighted by Crippen LogP contribution is 2.33. The number of halogens is 3. The van der Waals surface area contributed by atoms with Gasteiger partial charge in [-0.25, -0.2) is 17.8 Å². The van der Waals surface area contributed by atoms with Crippen molar-refractivity contribution in [2.45, 2.75) is 51.2 Å². The Labute approximate surface area is 250 Å². The van der Waals surface area contributed by atoms with Gasteiger partial charge in [-0.1, -0.05) is 29.8 Å². The van der Waals surface area contributed by atoms with Crippen LogP contribution in [-0.2, 0) is 35.4 Å². The largest absolute Gasteiger partial charge is 0.569 e. The first-order chi connectivity index (χ1) is 20.5. The van der Waals surface area contributed by atoms with E-state index in [1.54, 1.807) is 45.0 Å². The summed E-state index contributed by atoms with van der Waals surface area (Å²) in [5.41, 5.74) is -0.283. The highest BCUT2D eigenvalue weighted by atomic mass is 32.2. The lowest BCUT2D eigenvalue weighted by atomic mass is 9.98. The molecule has 1 atom stereocenters. The number of hydrogen-bond donors (Lipinski definition) is 1. The standard InChI is InChI=1S/C27H29F3N6O7S/c1-17-5-7-18(8-6-17)22-15-23(27(28,29)30)31-35(22)19-9-11-20(12-10-19)44(40,41)32-24(37)21-13-14-34(21)36(39)33-43-16-42-25(38)26(2,3)4/h5-12,15,21H,13-14,16H2,1-4H3,(H,32,37)/b36-33+/t21-/m0/s1. The van der Waals surface area contributed by atoms with E-state index >= 15 is 0 Å². The van der Waals surface area contributed by atoms with E-state index in [-0.39, 0.29) is 34.2 Å². The minimum Gasteiger partial charge on any atom is -0.569 e. The van der Waals surface area contributed by atoms with Crippen molar-refractivity contribution in [3.8, 4) is 16.9 Å². The number of esters is 1. The summed E-state index contributed by atoms with van der Waals surface area (Å²) in [5.74, 6) is -1.61. The zero-order valence-electron chi connectivity index (χ0n) is 24.0. The van der Waals surface area contributed by atoms with Gasteiger partial charge in [0, 0.05) is 12.0 Å². The van der Waals surface area contributed by atoms with Crippen molar-refractivity contribution in [1.29, 1.82) is 0 Å². The minimum absolute atomic E-state index is 0.0506. The highest BCUT2D eigenvalue weighted by molar-refractivity contribution is 7.90. The van der Waals surface area contributed by atoms with Gasteiger partial charge in [0.15, 0.2) is 11.7 Å². The number of hydrazine groups is 1. The van der Waals surface area contributed by atoms with Crippen LogP contribution in [-0.4, -0.2) is 59.4 Å². The van der Waals surface area contributed by atoms with Crippen LogP contribution in [0.3, 0.4) is 0 Å². The van der Waals surface area contributed by atoms with Crippen LogP contribution in [0.15, 0.2) is 64.8 Å². The van der Waals surface area contributed by atoms with Crippen molar-refractivity contribution >= 4 is 21.9 Å². The molecule has 44 heavy (non-hydrogen) atoms. The summed E-state index contributed by atoms with van der Waals surface area (Å²) >= 11 is 0. The maximum atomic E-state index is 13.5. The van der Waals surface area contributed by atoms with Gasteiger partial charge < -0.3 is 14.8 Å². The van der Waals surface area contributed by atoms with Crippen molar-refractivity contribution < 1.29 is 45.7 Å². The fourth-order valence-electron chi connectivity index (χ4n) is 3.93. The van der Waals surface area contributed by atoms with Crippen LogP contribution in [0.1, 0.15) is 38.4 Å². The topological polar surface area (TPSA) is 158 Å². The molecule has 0 aliphatic carbocycles. The molecule has 17 heteroatoms. The van der Waals surface area contributed by atoms with E-state index in [0.29, 0.717) is 5.56 Å². The second kappa shape index (κ2) is 12.1. The Morgan fingerprint density at radius 3 is 2.30 bits per heavy atom. The Morgan fingerprint density at radius 1 is 1.11 bits per heavy atom. The van der Waals surface area contributed by atoms with E-state index in [4.69, 9.17) is 4.74 Å². The van der Waals surface area contributed by atoms with E-state index in [2.05, 4.69) is 15.2 Å². The lowest BCUT2D eigenvalue weighted by molar-refractivity contribution is -0.729. The number of hydrogen-bond acceptors (Lipinski definition) is 9. The highest BCUT2D eigenvalue weighted by Gasteiger charge is 2.42. The predicted octanol–water partition coefficient (Wildman–Crippen LogP) is 4.10. The molecule has 0 unspecified atom stereocenters. The third-order valence-corrected chi connectivity index (χ3v) is 7.83. The molecular weight excluding hydrogens is 609 g/mol. The van der Waals surface area contributed by atoms with Crippen molar-refractivity contribution in [2.24, 2.45) is 10.7 Å². The molecule has 3 aromatic rings. The van der Waals surface area contributed by atoms with E-state index < -0.39 is 52.0 Å². The van der Waals surface area contributed by atoms with Crippen LogP contribution in [0, 0.1) is 17.5 Å². The SMILES string of the molecule is Cc1ccc(-c2cc(C(F)(F)F)nn2-c2ccc(S(=O)(=O)NC(=O)[C@@H]3CCN3/[N+]([O-])=N\OCOC(=O)C(C)(C)C)cc2)cc1. The smallest absolute Gasteiger partial charge is 0.435 e. The number of carbonyl (C=O) groups is 2. The summed E-state index contributed by atoms with van der Waals surface area (Å²) in [6, 6.07) is 11.2. The molecule has 4 rings (SSSR count). The van der Waals surface area contributed by atoms with Gasteiger partial charge in [-0.15, -0.1) is 5.01 Å². The van der Waals surface area contributed by atoms with Crippen LogP contribution < -0.4 is 4.72 Å². The molecule has 236 valence electrons. The van der Waals surface area contributed by atoms with Crippen molar-refractivity contribution in [1.82, 2.24) is 19.5 Å². The van der Waals surface area contributed by atoms with Gasteiger partial charge in [-0.2, -0.15) is 18.3 Å². The molecule has 1 saturated heterocycles. The number of sulfonamides is 1. The summed E-state index contributed by atoms with van der Waals surface area (Å²) < 4.78 is 74.0. The first-order valence-corrected chi connectivity index (χ1v) is 14.6. The molecule has 1 aliphatic heterocycles. The third-order valence-electron chi connectivity index (χ3n) is 6.47. The van der Waals surface area contributed by atoms with Gasteiger partial charge in [0.05, 0.1) is 33.2 Å². The van der Waals surface area contributed by atoms with Crippen LogP contribution in [0.5, 0.6) is 0 Å². The molecule has 0 bridgehead atoms. The summed E-state index contributed by atoms with van der Waals surface area (Å²) in [4.78, 5) is 28.7. The second-order valence-corrected chi connectivity index (χ2v) is 12.6. The number of nitrogens with zero attached hydrogens (tertiary/aromatic N) is 5. The molecule has 0 spiro atoms. The molecule has 0 radical (unpaired) electrons. The molecule has 0 saturated carbocycles. The van der Waals surface area contributed by atoms with Crippen LogP contribution in [0.4, 0.5) is 13.2 Å². The van der Waals surface area contributed by atoms with Crippen LogP contribution in [0.25, 0.3) is 16.9 Å². The van der Waals surface area contributed by atoms with E-state index in [1.807, 2.05) is 11.6 Å². The van der Waals surface area contributed by atoms with Gasteiger partial charge in [0.25, 0.3) is 22.7 Å². The van der Waals surface area contributed by atoms with Crippen molar-refractivity contribution in [2.75, 3.05) is 13.3 Å². The zero-order chi connectivity index (χ0) is 32.4. The lowest BCUT2D eigenvalue weighted by Gasteiger charge is -2.33. The van der Waals surface area contributed by atoms with Crippen molar-refractivity contribution in [3.05, 3.63) is 71.1 Å². The number of aromatic nitrogens is 2. The summed E-state index contributed by atoms with van der Waals surface area (Å²) in [6.07, 6.45) is -4.58. The molecule has 1 N–H and O–H groups in total. The summed E-state index contributed by atoms with van der Waals surface area (Å²) in [7, 11) is -4.43. The Balaban J connectivity index is 1.45. The Kier molecular flexibility index (Phi) is 8.90. The Hall–Kier alpha value is -4.67. The molecule has 1 aliphatic rings. The summed E-state index contributed by atoms with van der Waals surface area (Å²) in [6.45, 7) is 6.11. The lowest BCUT2D eigenvalue weighted by Crippen LogP contribution is -2.59. The molecule has 1 amide bonds. The average molecular weight is 639 g/mol. The molecule has 13 nitrogen and oxygen atoms in total. The first kappa shape index (κ1) is 32.2. The number of ether oxygens (including phenoxy) is 1. The van der Waals surface area contributed by atoms with Crippen LogP contribution >= 0.6 is 0 Å². The fraction of sp³-hybridized carbons (Fsp3) is 0.370. The second-order valence-electron chi connectivity index (χ2n) is 10.9.